The molecule has 0 spiro atoms. The first-order valence-electron chi connectivity index (χ1n) is 4.01. The van der Waals surface area contributed by atoms with Crippen LogP contribution >= 0.6 is 11.6 Å². The molecule has 0 aliphatic carbocycles. The van der Waals surface area contributed by atoms with Gasteiger partial charge in [-0.25, -0.2) is 0 Å². The first-order valence-corrected chi connectivity index (χ1v) is 4.55. The Kier molecular flexibility index (Phi) is 6.14. The average Bonchev–Trinajstić information content (AvgIpc) is 1.89. The van der Waals surface area contributed by atoms with Crippen molar-refractivity contribution in [2.75, 3.05) is 12.4 Å². The third-order valence-corrected chi connectivity index (χ3v) is 1.96. The normalized spacial score (nSPS) is 14.1. The number of alkyl halides is 1. The first-order chi connectivity index (χ1) is 4.72. The Labute approximate surface area is 69.1 Å². The summed E-state index contributed by atoms with van der Waals surface area (Å²) in [6, 6.07) is 0.488. The molecular weight excluding hydrogens is 146 g/mol. The van der Waals surface area contributed by atoms with Crippen LogP contribution in [0.15, 0.2) is 0 Å². The van der Waals surface area contributed by atoms with Crippen LogP contribution in [0.1, 0.15) is 27.2 Å². The van der Waals surface area contributed by atoms with Crippen LogP contribution in [0.3, 0.4) is 0 Å². The van der Waals surface area contributed by atoms with Gasteiger partial charge in [-0.15, -0.1) is 11.6 Å². The molecule has 0 aromatic rings. The molecule has 62 valence electrons. The minimum absolute atomic E-state index is 0.488. The van der Waals surface area contributed by atoms with Gasteiger partial charge in [-0.05, 0) is 18.9 Å². The van der Waals surface area contributed by atoms with E-state index in [1.165, 1.54) is 6.42 Å². The molecule has 1 atom stereocenters. The minimum Gasteiger partial charge on any atom is -0.313 e. The van der Waals surface area contributed by atoms with Gasteiger partial charge in [0.25, 0.3) is 0 Å². The zero-order valence-corrected chi connectivity index (χ0v) is 7.91. The Hall–Kier alpha value is 0.250. The number of halogens is 1. The van der Waals surface area contributed by atoms with E-state index in [1.54, 1.807) is 0 Å². The molecule has 0 heterocycles. The summed E-state index contributed by atoms with van der Waals surface area (Å²) in [6.07, 6.45) is 1.18. The van der Waals surface area contributed by atoms with Crippen molar-refractivity contribution in [3.05, 3.63) is 0 Å². The van der Waals surface area contributed by atoms with Crippen LogP contribution in [0.4, 0.5) is 0 Å². The van der Waals surface area contributed by atoms with Crippen molar-refractivity contribution in [3.63, 3.8) is 0 Å². The maximum atomic E-state index is 5.74. The topological polar surface area (TPSA) is 12.0 Å². The molecule has 10 heavy (non-hydrogen) atoms. The molecule has 0 radical (unpaired) electrons. The van der Waals surface area contributed by atoms with E-state index in [1.807, 2.05) is 0 Å². The van der Waals surface area contributed by atoms with Gasteiger partial charge in [0.05, 0.1) is 0 Å². The van der Waals surface area contributed by atoms with E-state index in [0.29, 0.717) is 12.0 Å². The summed E-state index contributed by atoms with van der Waals surface area (Å²) in [4.78, 5) is 0. The number of hydrogen-bond acceptors (Lipinski definition) is 1. The lowest BCUT2D eigenvalue weighted by molar-refractivity contribution is 0.432. The van der Waals surface area contributed by atoms with Gasteiger partial charge < -0.3 is 5.32 Å². The Morgan fingerprint density at radius 2 is 2.00 bits per heavy atom. The van der Waals surface area contributed by atoms with Crippen LogP contribution in [-0.2, 0) is 0 Å². The smallest absolute Gasteiger partial charge is 0.0379 e. The second-order valence-electron chi connectivity index (χ2n) is 2.96. The van der Waals surface area contributed by atoms with Gasteiger partial charge in [0.15, 0.2) is 0 Å². The zero-order valence-electron chi connectivity index (χ0n) is 7.15. The van der Waals surface area contributed by atoms with Gasteiger partial charge in [-0.1, -0.05) is 20.8 Å². The Morgan fingerprint density at radius 3 is 2.30 bits per heavy atom. The predicted molar refractivity (Wildman–Crippen MR) is 47.6 cm³/mol. The van der Waals surface area contributed by atoms with Crippen LogP contribution in [0.2, 0.25) is 0 Å². The maximum absolute atomic E-state index is 5.74. The molecule has 0 rings (SSSR count). The fraction of sp³-hybridized carbons (Fsp3) is 1.00. The SMILES string of the molecule is CCCNC(CCl)C(C)C. The van der Waals surface area contributed by atoms with Gasteiger partial charge in [-0.3, -0.25) is 0 Å². The number of hydrogen-bond donors (Lipinski definition) is 1. The second kappa shape index (κ2) is 5.99. The lowest BCUT2D eigenvalue weighted by Crippen LogP contribution is -2.35. The van der Waals surface area contributed by atoms with E-state index in [0.717, 1.165) is 12.4 Å². The molecule has 1 nitrogen and oxygen atoms in total. The largest absolute Gasteiger partial charge is 0.313 e. The zero-order chi connectivity index (χ0) is 7.98. The number of rotatable bonds is 5. The maximum Gasteiger partial charge on any atom is 0.0379 e. The molecule has 0 amide bonds. The van der Waals surface area contributed by atoms with Crippen LogP contribution in [0, 0.1) is 5.92 Å². The van der Waals surface area contributed by atoms with Crippen molar-refractivity contribution in [1.82, 2.24) is 5.32 Å². The van der Waals surface area contributed by atoms with Crippen molar-refractivity contribution in [3.8, 4) is 0 Å². The molecule has 0 saturated carbocycles. The number of nitrogens with one attached hydrogen (secondary N) is 1. The van der Waals surface area contributed by atoms with Crippen LogP contribution in [0.5, 0.6) is 0 Å². The van der Waals surface area contributed by atoms with Crippen LogP contribution < -0.4 is 5.32 Å². The highest BCUT2D eigenvalue weighted by Crippen LogP contribution is 2.02. The molecule has 2 heteroatoms. The monoisotopic (exact) mass is 163 g/mol. The van der Waals surface area contributed by atoms with E-state index in [9.17, 15) is 0 Å². The second-order valence-corrected chi connectivity index (χ2v) is 3.27. The fourth-order valence-corrected chi connectivity index (χ4v) is 1.26. The first kappa shape index (κ1) is 10.2. The Bertz CT molecular complexity index is 73.7. The summed E-state index contributed by atoms with van der Waals surface area (Å²) < 4.78 is 0. The van der Waals surface area contributed by atoms with Crippen molar-refractivity contribution in [1.29, 1.82) is 0 Å². The lowest BCUT2D eigenvalue weighted by atomic mass is 10.1. The van der Waals surface area contributed by atoms with E-state index >= 15 is 0 Å². The molecule has 0 aromatic carbocycles. The van der Waals surface area contributed by atoms with Gasteiger partial charge in [0, 0.05) is 11.9 Å². The van der Waals surface area contributed by atoms with E-state index in [2.05, 4.69) is 26.1 Å². The van der Waals surface area contributed by atoms with Crippen molar-refractivity contribution >= 4 is 11.6 Å². The van der Waals surface area contributed by atoms with Gasteiger partial charge in [-0.2, -0.15) is 0 Å². The summed E-state index contributed by atoms with van der Waals surface area (Å²) >= 11 is 5.74. The molecule has 0 bridgehead atoms. The van der Waals surface area contributed by atoms with Crippen molar-refractivity contribution in [2.24, 2.45) is 5.92 Å². The summed E-state index contributed by atoms with van der Waals surface area (Å²) in [7, 11) is 0. The van der Waals surface area contributed by atoms with Gasteiger partial charge in [0.2, 0.25) is 0 Å². The predicted octanol–water partition coefficient (Wildman–Crippen LogP) is 2.25. The van der Waals surface area contributed by atoms with E-state index in [-0.39, 0.29) is 0 Å². The fourth-order valence-electron chi connectivity index (χ4n) is 0.798. The van der Waals surface area contributed by atoms with Crippen molar-refractivity contribution < 1.29 is 0 Å². The third kappa shape index (κ3) is 4.13. The van der Waals surface area contributed by atoms with E-state index in [4.69, 9.17) is 11.6 Å². The summed E-state index contributed by atoms with van der Waals surface area (Å²) in [5.74, 6) is 1.36. The third-order valence-electron chi connectivity index (χ3n) is 1.63. The van der Waals surface area contributed by atoms with Crippen molar-refractivity contribution in [2.45, 2.75) is 33.2 Å². The molecule has 0 aliphatic rings. The van der Waals surface area contributed by atoms with E-state index < -0.39 is 0 Å². The molecule has 0 fully saturated rings. The quantitative estimate of drug-likeness (QED) is 0.614. The molecule has 1 unspecified atom stereocenters. The molecular formula is C8H18ClN. The summed E-state index contributed by atoms with van der Waals surface area (Å²) in [6.45, 7) is 7.62. The highest BCUT2D eigenvalue weighted by atomic mass is 35.5. The molecule has 0 aromatic heterocycles. The highest BCUT2D eigenvalue weighted by molar-refractivity contribution is 6.18. The average molecular weight is 164 g/mol. The Morgan fingerprint density at radius 1 is 1.40 bits per heavy atom. The van der Waals surface area contributed by atoms with Gasteiger partial charge in [0.1, 0.15) is 0 Å². The molecule has 0 aliphatic heterocycles. The minimum atomic E-state index is 0.488. The van der Waals surface area contributed by atoms with Crippen LogP contribution in [-0.4, -0.2) is 18.5 Å². The van der Waals surface area contributed by atoms with Gasteiger partial charge >= 0.3 is 0 Å². The highest BCUT2D eigenvalue weighted by Gasteiger charge is 2.09. The molecule has 0 saturated heterocycles. The summed E-state index contributed by atoms with van der Waals surface area (Å²) in [5.41, 5.74) is 0. The molecule has 1 N–H and O–H groups in total. The summed E-state index contributed by atoms with van der Waals surface area (Å²) in [5, 5.41) is 3.39. The lowest BCUT2D eigenvalue weighted by Gasteiger charge is -2.18. The van der Waals surface area contributed by atoms with Crippen LogP contribution in [0.25, 0.3) is 0 Å². The standard InChI is InChI=1S/C8H18ClN/c1-4-5-10-8(6-9)7(2)3/h7-8,10H,4-6H2,1-3H3. The Balaban J connectivity index is 3.40.